The van der Waals surface area contributed by atoms with E-state index in [1.54, 1.807) is 0 Å². The fraction of sp³-hybridized carbons (Fsp3) is 0.917. The van der Waals surface area contributed by atoms with E-state index in [0.717, 1.165) is 0 Å². The fourth-order valence-corrected chi connectivity index (χ4v) is 2.09. The Balaban J connectivity index is 4.22. The molecule has 0 radical (unpaired) electrons. The molecule has 3 heteroatoms. The first-order valence-electron chi connectivity index (χ1n) is 5.78. The number of rotatable bonds is 5. The predicted octanol–water partition coefficient (Wildman–Crippen LogP) is 3.62. The normalized spacial score (nSPS) is 15.1. The molecule has 0 saturated heterocycles. The maximum atomic E-state index is 11.4. The third kappa shape index (κ3) is 4.47. The Hall–Kier alpha value is -0.153. The summed E-state index contributed by atoms with van der Waals surface area (Å²) in [6, 6.07) is 0. The highest BCUT2D eigenvalue weighted by Crippen LogP contribution is 2.36. The van der Waals surface area contributed by atoms with E-state index < -0.39 is 8.32 Å². The Bertz CT molecular complexity index is 216. The zero-order valence-electron chi connectivity index (χ0n) is 11.3. The molecule has 0 fully saturated rings. The number of carbonyl (C=O) groups excluding carboxylic acids is 1. The number of hydrogen-bond acceptors (Lipinski definition) is 2. The SMILES string of the molecule is CCC(=O)C(C)CO[Si](C)(C)C(C)(C)C. The minimum atomic E-state index is -1.68. The topological polar surface area (TPSA) is 26.3 Å². The van der Waals surface area contributed by atoms with Crippen LogP contribution in [0.1, 0.15) is 41.0 Å². The van der Waals surface area contributed by atoms with Crippen LogP contribution in [0.25, 0.3) is 0 Å². The Morgan fingerprint density at radius 1 is 1.33 bits per heavy atom. The van der Waals surface area contributed by atoms with E-state index in [1.165, 1.54) is 0 Å². The van der Waals surface area contributed by atoms with Crippen LogP contribution in [0.15, 0.2) is 0 Å². The van der Waals surface area contributed by atoms with Gasteiger partial charge in [0.1, 0.15) is 5.78 Å². The van der Waals surface area contributed by atoms with Gasteiger partial charge in [-0.1, -0.05) is 34.6 Å². The summed E-state index contributed by atoms with van der Waals surface area (Å²) in [5.74, 6) is 0.345. The average molecular weight is 230 g/mol. The first kappa shape index (κ1) is 14.8. The minimum Gasteiger partial charge on any atom is -0.416 e. The Morgan fingerprint density at radius 2 is 1.80 bits per heavy atom. The molecule has 1 atom stereocenters. The van der Waals surface area contributed by atoms with Crippen LogP contribution >= 0.6 is 0 Å². The van der Waals surface area contributed by atoms with Crippen molar-refractivity contribution in [1.29, 1.82) is 0 Å². The molecule has 2 nitrogen and oxygen atoms in total. The highest BCUT2D eigenvalue weighted by molar-refractivity contribution is 6.74. The molecule has 1 unspecified atom stereocenters. The van der Waals surface area contributed by atoms with Crippen molar-refractivity contribution < 1.29 is 9.22 Å². The van der Waals surface area contributed by atoms with Crippen molar-refractivity contribution in [2.24, 2.45) is 5.92 Å². The third-order valence-corrected chi connectivity index (χ3v) is 7.90. The number of Topliss-reactive ketones (excluding diaryl/α,β-unsaturated/α-hetero) is 1. The molecule has 0 heterocycles. The van der Waals surface area contributed by atoms with Gasteiger partial charge in [0.25, 0.3) is 0 Å². The molecule has 0 aliphatic rings. The molecule has 0 N–H and O–H groups in total. The zero-order chi connectivity index (χ0) is 12.3. The second-order valence-electron chi connectivity index (χ2n) is 5.79. The van der Waals surface area contributed by atoms with E-state index in [4.69, 9.17) is 4.43 Å². The van der Waals surface area contributed by atoms with Crippen LogP contribution < -0.4 is 0 Å². The molecule has 0 amide bonds. The number of hydrogen-bond donors (Lipinski definition) is 0. The van der Waals surface area contributed by atoms with Crippen LogP contribution in [0.2, 0.25) is 18.1 Å². The van der Waals surface area contributed by atoms with Crippen molar-refractivity contribution in [2.75, 3.05) is 6.61 Å². The van der Waals surface area contributed by atoms with Gasteiger partial charge in [0.2, 0.25) is 0 Å². The van der Waals surface area contributed by atoms with E-state index >= 15 is 0 Å². The second kappa shape index (κ2) is 5.26. The summed E-state index contributed by atoms with van der Waals surface area (Å²) >= 11 is 0. The zero-order valence-corrected chi connectivity index (χ0v) is 12.3. The molecule has 90 valence electrons. The Morgan fingerprint density at radius 3 is 2.13 bits per heavy atom. The molecule has 0 saturated carbocycles. The molecule has 0 aromatic rings. The summed E-state index contributed by atoms with van der Waals surface area (Å²) in [5, 5.41) is 0.224. The van der Waals surface area contributed by atoms with Crippen LogP contribution in [0.5, 0.6) is 0 Å². The van der Waals surface area contributed by atoms with E-state index in [2.05, 4.69) is 33.9 Å². The van der Waals surface area contributed by atoms with Crippen molar-refractivity contribution in [1.82, 2.24) is 0 Å². The summed E-state index contributed by atoms with van der Waals surface area (Å²) < 4.78 is 6.00. The third-order valence-electron chi connectivity index (χ3n) is 3.40. The maximum absolute atomic E-state index is 11.4. The highest BCUT2D eigenvalue weighted by atomic mass is 28.4. The Kier molecular flexibility index (Phi) is 5.20. The lowest BCUT2D eigenvalue weighted by molar-refractivity contribution is -0.122. The number of ketones is 1. The summed E-state index contributed by atoms with van der Waals surface area (Å²) in [7, 11) is -1.68. The largest absolute Gasteiger partial charge is 0.416 e. The minimum absolute atomic E-state index is 0.0455. The van der Waals surface area contributed by atoms with Crippen LogP contribution in [-0.4, -0.2) is 20.7 Å². The molecule has 15 heavy (non-hydrogen) atoms. The molecule has 0 aromatic carbocycles. The standard InChI is InChI=1S/C12H26O2Si/c1-8-11(13)10(2)9-14-15(6,7)12(3,4)5/h10H,8-9H2,1-7H3. The number of carbonyl (C=O) groups is 1. The van der Waals surface area contributed by atoms with E-state index in [1.807, 2.05) is 13.8 Å². The van der Waals surface area contributed by atoms with Crippen molar-refractivity contribution in [2.45, 2.75) is 59.2 Å². The lowest BCUT2D eigenvalue weighted by Crippen LogP contribution is -2.42. The maximum Gasteiger partial charge on any atom is 0.192 e. The summed E-state index contributed by atoms with van der Waals surface area (Å²) in [6.45, 7) is 15.5. The van der Waals surface area contributed by atoms with Gasteiger partial charge in [-0.25, -0.2) is 0 Å². The van der Waals surface area contributed by atoms with Crippen LogP contribution in [0.3, 0.4) is 0 Å². The van der Waals surface area contributed by atoms with Crippen molar-refractivity contribution in [3.05, 3.63) is 0 Å². The monoisotopic (exact) mass is 230 g/mol. The van der Waals surface area contributed by atoms with Crippen molar-refractivity contribution >= 4 is 14.1 Å². The molecule has 0 aromatic heterocycles. The average Bonchev–Trinajstić information content (AvgIpc) is 2.11. The van der Waals surface area contributed by atoms with Crippen LogP contribution in [0.4, 0.5) is 0 Å². The lowest BCUT2D eigenvalue weighted by Gasteiger charge is -2.36. The first-order chi connectivity index (χ1) is 6.62. The van der Waals surface area contributed by atoms with Crippen LogP contribution in [-0.2, 0) is 9.22 Å². The van der Waals surface area contributed by atoms with Crippen molar-refractivity contribution in [3.8, 4) is 0 Å². The van der Waals surface area contributed by atoms with Gasteiger partial charge in [0.15, 0.2) is 8.32 Å². The second-order valence-corrected chi connectivity index (χ2v) is 10.6. The quantitative estimate of drug-likeness (QED) is 0.674. The van der Waals surface area contributed by atoms with E-state index in [-0.39, 0.29) is 11.0 Å². The highest BCUT2D eigenvalue weighted by Gasteiger charge is 2.37. The molecular formula is C12H26O2Si. The lowest BCUT2D eigenvalue weighted by atomic mass is 10.1. The van der Waals surface area contributed by atoms with Gasteiger partial charge in [-0.2, -0.15) is 0 Å². The summed E-state index contributed by atoms with van der Waals surface area (Å²) in [6.07, 6.45) is 0.613. The van der Waals surface area contributed by atoms with E-state index in [9.17, 15) is 4.79 Å². The van der Waals surface area contributed by atoms with Gasteiger partial charge >= 0.3 is 0 Å². The predicted molar refractivity (Wildman–Crippen MR) is 67.6 cm³/mol. The van der Waals surface area contributed by atoms with Gasteiger partial charge in [0, 0.05) is 18.9 Å². The molecule has 0 spiro atoms. The van der Waals surface area contributed by atoms with Gasteiger partial charge in [0.05, 0.1) is 0 Å². The van der Waals surface area contributed by atoms with Crippen molar-refractivity contribution in [3.63, 3.8) is 0 Å². The van der Waals surface area contributed by atoms with Gasteiger partial charge in [-0.3, -0.25) is 4.79 Å². The Labute approximate surface area is 95.5 Å². The molecular weight excluding hydrogens is 204 g/mol. The molecule has 0 bridgehead atoms. The van der Waals surface area contributed by atoms with Crippen LogP contribution in [0, 0.1) is 5.92 Å². The first-order valence-corrected chi connectivity index (χ1v) is 8.69. The van der Waals surface area contributed by atoms with E-state index in [0.29, 0.717) is 18.8 Å². The fourth-order valence-electron chi connectivity index (χ4n) is 0.991. The smallest absolute Gasteiger partial charge is 0.192 e. The van der Waals surface area contributed by atoms with Gasteiger partial charge in [-0.15, -0.1) is 0 Å². The summed E-state index contributed by atoms with van der Waals surface area (Å²) in [5.41, 5.74) is 0. The van der Waals surface area contributed by atoms with Gasteiger partial charge in [-0.05, 0) is 18.1 Å². The molecule has 0 aliphatic heterocycles. The molecule has 0 rings (SSSR count). The summed E-state index contributed by atoms with van der Waals surface area (Å²) in [4.78, 5) is 11.4. The van der Waals surface area contributed by atoms with Gasteiger partial charge < -0.3 is 4.43 Å². The molecule has 0 aliphatic carbocycles.